The fourth-order valence-corrected chi connectivity index (χ4v) is 1.39. The van der Waals surface area contributed by atoms with Crippen LogP contribution in [0.2, 0.25) is 0 Å². The Kier molecular flexibility index (Phi) is 2.86. The molecule has 1 amide bonds. The molecule has 0 saturated heterocycles. The topological polar surface area (TPSA) is 72.7 Å². The Morgan fingerprint density at radius 3 is 2.65 bits per heavy atom. The number of aromatic nitrogens is 4. The Labute approximate surface area is 98.6 Å². The summed E-state index contributed by atoms with van der Waals surface area (Å²) in [5.74, 6) is -0.0307. The number of carbonyl (C=O) groups excluding carboxylic acids is 1. The SMILES string of the molecule is Cc1ccc(C(=O)Nc2nnn(C)n2)cc1C. The molecular formula is C11H13N5O. The molecule has 0 unspecified atom stereocenters. The molecule has 6 nitrogen and oxygen atoms in total. The first kappa shape index (κ1) is 11.3. The van der Waals surface area contributed by atoms with Gasteiger partial charge in [-0.2, -0.15) is 4.80 Å². The van der Waals surface area contributed by atoms with Crippen LogP contribution in [0, 0.1) is 13.8 Å². The van der Waals surface area contributed by atoms with E-state index >= 15 is 0 Å². The largest absolute Gasteiger partial charge is 0.288 e. The highest BCUT2D eigenvalue weighted by molar-refractivity contribution is 6.03. The zero-order valence-electron chi connectivity index (χ0n) is 9.93. The molecule has 1 aromatic heterocycles. The average molecular weight is 231 g/mol. The number of aryl methyl sites for hydroxylation is 3. The predicted octanol–water partition coefficient (Wildman–Crippen LogP) is 1.08. The molecule has 1 heterocycles. The van der Waals surface area contributed by atoms with Crippen molar-refractivity contribution < 1.29 is 4.79 Å². The van der Waals surface area contributed by atoms with Gasteiger partial charge >= 0.3 is 0 Å². The number of rotatable bonds is 2. The number of anilines is 1. The third-order valence-corrected chi connectivity index (χ3v) is 2.50. The molecule has 0 atom stereocenters. The van der Waals surface area contributed by atoms with Crippen molar-refractivity contribution in [3.8, 4) is 0 Å². The van der Waals surface area contributed by atoms with E-state index in [-0.39, 0.29) is 11.9 Å². The van der Waals surface area contributed by atoms with E-state index in [0.717, 1.165) is 11.1 Å². The van der Waals surface area contributed by atoms with E-state index < -0.39 is 0 Å². The van der Waals surface area contributed by atoms with E-state index in [4.69, 9.17) is 0 Å². The average Bonchev–Trinajstić information content (AvgIpc) is 2.68. The molecule has 0 aliphatic heterocycles. The second kappa shape index (κ2) is 4.32. The van der Waals surface area contributed by atoms with Crippen LogP contribution in [0.3, 0.4) is 0 Å². The summed E-state index contributed by atoms with van der Waals surface area (Å²) < 4.78 is 0. The molecule has 0 aliphatic rings. The smallest absolute Gasteiger partial charge is 0.270 e. The Balaban J connectivity index is 2.17. The van der Waals surface area contributed by atoms with Crippen molar-refractivity contribution in [2.75, 3.05) is 5.32 Å². The van der Waals surface area contributed by atoms with Crippen LogP contribution in [0.5, 0.6) is 0 Å². The highest BCUT2D eigenvalue weighted by Crippen LogP contribution is 2.10. The van der Waals surface area contributed by atoms with Gasteiger partial charge in [0, 0.05) is 5.56 Å². The maximum atomic E-state index is 11.9. The molecule has 2 aromatic rings. The maximum Gasteiger partial charge on any atom is 0.270 e. The number of hydrogen-bond donors (Lipinski definition) is 1. The lowest BCUT2D eigenvalue weighted by atomic mass is 10.1. The van der Waals surface area contributed by atoms with E-state index in [1.54, 1.807) is 13.1 Å². The number of nitrogens with one attached hydrogen (secondary N) is 1. The minimum atomic E-state index is -0.235. The van der Waals surface area contributed by atoms with Gasteiger partial charge in [-0.1, -0.05) is 11.2 Å². The summed E-state index contributed by atoms with van der Waals surface area (Å²) in [5.41, 5.74) is 2.81. The summed E-state index contributed by atoms with van der Waals surface area (Å²) in [4.78, 5) is 13.1. The second-order valence-corrected chi connectivity index (χ2v) is 3.86. The summed E-state index contributed by atoms with van der Waals surface area (Å²) in [6.45, 7) is 3.97. The second-order valence-electron chi connectivity index (χ2n) is 3.86. The van der Waals surface area contributed by atoms with Crippen molar-refractivity contribution in [1.82, 2.24) is 20.2 Å². The highest BCUT2D eigenvalue weighted by atomic mass is 16.1. The van der Waals surface area contributed by atoms with Gasteiger partial charge in [0.15, 0.2) is 0 Å². The van der Waals surface area contributed by atoms with Crippen LogP contribution in [-0.2, 0) is 7.05 Å². The molecule has 88 valence electrons. The zero-order chi connectivity index (χ0) is 12.4. The first-order valence-electron chi connectivity index (χ1n) is 5.19. The fourth-order valence-electron chi connectivity index (χ4n) is 1.39. The molecule has 0 aliphatic carbocycles. The number of benzene rings is 1. The minimum absolute atomic E-state index is 0.204. The lowest BCUT2D eigenvalue weighted by molar-refractivity contribution is 0.102. The molecule has 17 heavy (non-hydrogen) atoms. The van der Waals surface area contributed by atoms with E-state index in [1.807, 2.05) is 26.0 Å². The minimum Gasteiger partial charge on any atom is -0.288 e. The van der Waals surface area contributed by atoms with Crippen molar-refractivity contribution in [3.63, 3.8) is 0 Å². The number of amides is 1. The van der Waals surface area contributed by atoms with E-state index in [9.17, 15) is 4.79 Å². The lowest BCUT2D eigenvalue weighted by Crippen LogP contribution is -2.13. The fraction of sp³-hybridized carbons (Fsp3) is 0.273. The first-order valence-corrected chi connectivity index (χ1v) is 5.19. The van der Waals surface area contributed by atoms with Crippen LogP contribution in [0.25, 0.3) is 0 Å². The zero-order valence-corrected chi connectivity index (χ0v) is 9.93. The van der Waals surface area contributed by atoms with Gasteiger partial charge in [-0.25, -0.2) is 0 Å². The Bertz CT molecular complexity index is 561. The third-order valence-electron chi connectivity index (χ3n) is 2.50. The van der Waals surface area contributed by atoms with Gasteiger partial charge in [-0.15, -0.1) is 5.10 Å². The van der Waals surface area contributed by atoms with Crippen LogP contribution in [0.15, 0.2) is 18.2 Å². The van der Waals surface area contributed by atoms with Gasteiger partial charge in [-0.05, 0) is 42.3 Å². The van der Waals surface area contributed by atoms with E-state index in [1.165, 1.54) is 4.80 Å². The Morgan fingerprint density at radius 1 is 1.29 bits per heavy atom. The molecule has 6 heteroatoms. The van der Waals surface area contributed by atoms with Gasteiger partial charge < -0.3 is 0 Å². The molecule has 0 saturated carbocycles. The molecule has 0 radical (unpaired) electrons. The van der Waals surface area contributed by atoms with Crippen LogP contribution in [0.4, 0.5) is 5.95 Å². The number of hydrogen-bond acceptors (Lipinski definition) is 4. The van der Waals surface area contributed by atoms with Gasteiger partial charge in [0.2, 0.25) is 0 Å². The lowest BCUT2D eigenvalue weighted by Gasteiger charge is -2.04. The maximum absolute atomic E-state index is 11.9. The standard InChI is InChI=1S/C11H13N5O/c1-7-4-5-9(6-8(7)2)10(17)12-11-13-15-16(3)14-11/h4-6H,1-3H3,(H,12,14,17). The van der Waals surface area contributed by atoms with Crippen LogP contribution in [-0.4, -0.2) is 26.1 Å². The van der Waals surface area contributed by atoms with Crippen molar-refractivity contribution in [1.29, 1.82) is 0 Å². The van der Waals surface area contributed by atoms with Gasteiger partial charge in [0.05, 0.1) is 7.05 Å². The first-order chi connectivity index (χ1) is 8.06. The van der Waals surface area contributed by atoms with Crippen molar-refractivity contribution >= 4 is 11.9 Å². The van der Waals surface area contributed by atoms with Crippen molar-refractivity contribution in [2.45, 2.75) is 13.8 Å². The third kappa shape index (κ3) is 2.47. The summed E-state index contributed by atoms with van der Waals surface area (Å²) in [6, 6.07) is 5.52. The summed E-state index contributed by atoms with van der Waals surface area (Å²) in [5, 5.41) is 13.8. The van der Waals surface area contributed by atoms with Gasteiger partial charge in [0.25, 0.3) is 11.9 Å². The summed E-state index contributed by atoms with van der Waals surface area (Å²) in [6.07, 6.45) is 0. The summed E-state index contributed by atoms with van der Waals surface area (Å²) >= 11 is 0. The monoisotopic (exact) mass is 231 g/mol. The summed E-state index contributed by atoms with van der Waals surface area (Å²) in [7, 11) is 1.64. The normalized spacial score (nSPS) is 10.3. The molecular weight excluding hydrogens is 218 g/mol. The van der Waals surface area contributed by atoms with Gasteiger partial charge in [-0.3, -0.25) is 10.1 Å². The quantitative estimate of drug-likeness (QED) is 0.839. The van der Waals surface area contributed by atoms with Crippen molar-refractivity contribution in [2.24, 2.45) is 7.05 Å². The molecule has 0 bridgehead atoms. The van der Waals surface area contributed by atoms with Gasteiger partial charge in [0.1, 0.15) is 0 Å². The molecule has 1 aromatic carbocycles. The Hall–Kier alpha value is -2.24. The number of tetrazole rings is 1. The number of carbonyl (C=O) groups is 1. The van der Waals surface area contributed by atoms with E-state index in [0.29, 0.717) is 5.56 Å². The molecule has 0 spiro atoms. The Morgan fingerprint density at radius 2 is 2.06 bits per heavy atom. The number of nitrogens with zero attached hydrogens (tertiary/aromatic N) is 4. The van der Waals surface area contributed by atoms with Crippen LogP contribution in [0.1, 0.15) is 21.5 Å². The highest BCUT2D eigenvalue weighted by Gasteiger charge is 2.09. The van der Waals surface area contributed by atoms with E-state index in [2.05, 4.69) is 20.7 Å². The van der Waals surface area contributed by atoms with Crippen LogP contribution >= 0.6 is 0 Å². The van der Waals surface area contributed by atoms with Crippen molar-refractivity contribution in [3.05, 3.63) is 34.9 Å². The predicted molar refractivity (Wildman–Crippen MR) is 62.7 cm³/mol. The van der Waals surface area contributed by atoms with Crippen LogP contribution < -0.4 is 5.32 Å². The molecule has 2 rings (SSSR count). The molecule has 1 N–H and O–H groups in total. The molecule has 0 fully saturated rings.